The van der Waals surface area contributed by atoms with Crippen molar-refractivity contribution in [3.8, 4) is 0 Å². The summed E-state index contributed by atoms with van der Waals surface area (Å²) in [5.41, 5.74) is 0.135. The highest BCUT2D eigenvalue weighted by Gasteiger charge is 2.30. The van der Waals surface area contributed by atoms with E-state index in [1.54, 1.807) is 13.8 Å². The van der Waals surface area contributed by atoms with Gasteiger partial charge in [-0.1, -0.05) is 50.2 Å². The molecule has 2 rings (SSSR count). The minimum absolute atomic E-state index is 0.0703. The summed E-state index contributed by atoms with van der Waals surface area (Å²) in [5.74, 6) is -3.75. The second kappa shape index (κ2) is 9.94. The standard InChI is InChI=1S/C21H24F2N2O3/c1-14(2)19(24-20(27)18-16(22)9-6-10-17(18)23)21(28)25(11-12-26)13-15-7-4-3-5-8-15/h3-10,14,19,26H,11-13H2,1-2H3,(H,24,27). The lowest BCUT2D eigenvalue weighted by Crippen LogP contribution is -2.51. The van der Waals surface area contributed by atoms with Crippen molar-refractivity contribution in [2.45, 2.75) is 26.4 Å². The van der Waals surface area contributed by atoms with E-state index in [2.05, 4.69) is 5.32 Å². The molecule has 0 aliphatic heterocycles. The fourth-order valence-electron chi connectivity index (χ4n) is 2.83. The molecule has 2 N–H and O–H groups in total. The van der Waals surface area contributed by atoms with Crippen molar-refractivity contribution in [1.29, 1.82) is 0 Å². The average molecular weight is 390 g/mol. The van der Waals surface area contributed by atoms with E-state index in [-0.39, 0.29) is 25.6 Å². The molecule has 0 saturated carbocycles. The number of nitrogens with zero attached hydrogens (tertiary/aromatic N) is 1. The number of carbonyl (C=O) groups excluding carboxylic acids is 2. The van der Waals surface area contributed by atoms with E-state index < -0.39 is 35.1 Å². The minimum Gasteiger partial charge on any atom is -0.395 e. The first-order valence-corrected chi connectivity index (χ1v) is 9.03. The number of aliphatic hydroxyl groups is 1. The van der Waals surface area contributed by atoms with Crippen LogP contribution in [0.15, 0.2) is 48.5 Å². The quantitative estimate of drug-likeness (QED) is 0.728. The molecule has 0 aromatic heterocycles. The first-order chi connectivity index (χ1) is 13.3. The molecule has 0 bridgehead atoms. The topological polar surface area (TPSA) is 69.6 Å². The summed E-state index contributed by atoms with van der Waals surface area (Å²) in [5, 5.41) is 11.8. The zero-order chi connectivity index (χ0) is 20.7. The van der Waals surface area contributed by atoms with Crippen molar-refractivity contribution < 1.29 is 23.5 Å². The molecule has 2 aromatic rings. The number of amides is 2. The molecule has 0 spiro atoms. The lowest BCUT2D eigenvalue weighted by atomic mass is 10.0. The van der Waals surface area contributed by atoms with Gasteiger partial charge in [0.2, 0.25) is 5.91 Å². The van der Waals surface area contributed by atoms with Gasteiger partial charge >= 0.3 is 0 Å². The molecule has 0 fully saturated rings. The number of benzene rings is 2. The van der Waals surface area contributed by atoms with Crippen molar-refractivity contribution >= 4 is 11.8 Å². The van der Waals surface area contributed by atoms with Crippen molar-refractivity contribution in [3.63, 3.8) is 0 Å². The van der Waals surface area contributed by atoms with Crippen LogP contribution in [0.1, 0.15) is 29.8 Å². The maximum Gasteiger partial charge on any atom is 0.257 e. The summed E-state index contributed by atoms with van der Waals surface area (Å²) >= 11 is 0. The molecule has 0 heterocycles. The Morgan fingerprint density at radius 3 is 2.18 bits per heavy atom. The molecule has 0 aliphatic rings. The zero-order valence-corrected chi connectivity index (χ0v) is 15.9. The molecule has 1 atom stereocenters. The summed E-state index contributed by atoms with van der Waals surface area (Å²) < 4.78 is 27.8. The highest BCUT2D eigenvalue weighted by Crippen LogP contribution is 2.15. The van der Waals surface area contributed by atoms with Crippen LogP contribution in [0.5, 0.6) is 0 Å². The van der Waals surface area contributed by atoms with Gasteiger partial charge in [0.1, 0.15) is 23.2 Å². The summed E-state index contributed by atoms with van der Waals surface area (Å²) in [7, 11) is 0. The van der Waals surface area contributed by atoms with E-state index in [0.717, 1.165) is 23.8 Å². The molecule has 2 aromatic carbocycles. The number of hydrogen-bond acceptors (Lipinski definition) is 3. The smallest absolute Gasteiger partial charge is 0.257 e. The van der Waals surface area contributed by atoms with Crippen molar-refractivity contribution in [3.05, 3.63) is 71.3 Å². The predicted octanol–water partition coefficient (Wildman–Crippen LogP) is 2.74. The van der Waals surface area contributed by atoms with Crippen LogP contribution in [0.2, 0.25) is 0 Å². The maximum atomic E-state index is 13.9. The molecule has 1 unspecified atom stereocenters. The monoisotopic (exact) mass is 390 g/mol. The highest BCUT2D eigenvalue weighted by atomic mass is 19.1. The van der Waals surface area contributed by atoms with Gasteiger partial charge in [-0.15, -0.1) is 0 Å². The van der Waals surface area contributed by atoms with Gasteiger partial charge < -0.3 is 15.3 Å². The van der Waals surface area contributed by atoms with Gasteiger partial charge in [0.15, 0.2) is 0 Å². The Morgan fingerprint density at radius 1 is 1.04 bits per heavy atom. The molecule has 28 heavy (non-hydrogen) atoms. The van der Waals surface area contributed by atoms with Crippen LogP contribution < -0.4 is 5.32 Å². The number of aliphatic hydroxyl groups excluding tert-OH is 1. The molecule has 7 heteroatoms. The second-order valence-corrected chi connectivity index (χ2v) is 6.76. The fourth-order valence-corrected chi connectivity index (χ4v) is 2.83. The number of nitrogens with one attached hydrogen (secondary N) is 1. The van der Waals surface area contributed by atoms with Gasteiger partial charge in [-0.25, -0.2) is 8.78 Å². The fraction of sp³-hybridized carbons (Fsp3) is 0.333. The van der Waals surface area contributed by atoms with Gasteiger partial charge in [0.05, 0.1) is 6.61 Å². The van der Waals surface area contributed by atoms with E-state index >= 15 is 0 Å². The van der Waals surface area contributed by atoms with Gasteiger partial charge in [-0.05, 0) is 23.6 Å². The van der Waals surface area contributed by atoms with Gasteiger partial charge in [0, 0.05) is 13.1 Å². The Kier molecular flexibility index (Phi) is 7.63. The van der Waals surface area contributed by atoms with E-state index in [9.17, 15) is 23.5 Å². The van der Waals surface area contributed by atoms with Crippen LogP contribution >= 0.6 is 0 Å². The van der Waals surface area contributed by atoms with Crippen molar-refractivity contribution in [2.75, 3.05) is 13.2 Å². The molecular weight excluding hydrogens is 366 g/mol. The van der Waals surface area contributed by atoms with Gasteiger partial charge in [0.25, 0.3) is 5.91 Å². The number of carbonyl (C=O) groups is 2. The Bertz CT molecular complexity index is 792. The SMILES string of the molecule is CC(C)C(NC(=O)c1c(F)cccc1F)C(=O)N(CCO)Cc1ccccc1. The number of halogens is 2. The van der Waals surface area contributed by atoms with Crippen LogP contribution in [0.25, 0.3) is 0 Å². The van der Waals surface area contributed by atoms with Gasteiger partial charge in [-0.3, -0.25) is 9.59 Å². The number of rotatable bonds is 8. The lowest BCUT2D eigenvalue weighted by molar-refractivity contribution is -0.135. The molecule has 150 valence electrons. The predicted molar refractivity (Wildman–Crippen MR) is 101 cm³/mol. The molecule has 2 amide bonds. The Labute approximate surface area is 163 Å². The van der Waals surface area contributed by atoms with E-state index in [1.165, 1.54) is 4.90 Å². The third-order valence-corrected chi connectivity index (χ3v) is 4.31. The van der Waals surface area contributed by atoms with Crippen LogP contribution in [0.3, 0.4) is 0 Å². The summed E-state index contributed by atoms with van der Waals surface area (Å²) in [6, 6.07) is 11.3. The summed E-state index contributed by atoms with van der Waals surface area (Å²) in [4.78, 5) is 26.9. The largest absolute Gasteiger partial charge is 0.395 e. The maximum absolute atomic E-state index is 13.9. The molecule has 0 radical (unpaired) electrons. The first-order valence-electron chi connectivity index (χ1n) is 9.03. The first kappa shape index (κ1) is 21.5. The second-order valence-electron chi connectivity index (χ2n) is 6.76. The van der Waals surface area contributed by atoms with E-state index in [1.807, 2.05) is 30.3 Å². The average Bonchev–Trinajstić information content (AvgIpc) is 2.65. The van der Waals surface area contributed by atoms with Gasteiger partial charge in [-0.2, -0.15) is 0 Å². The van der Waals surface area contributed by atoms with Crippen LogP contribution in [-0.2, 0) is 11.3 Å². The summed E-state index contributed by atoms with van der Waals surface area (Å²) in [6.07, 6.45) is 0. The van der Waals surface area contributed by atoms with E-state index in [0.29, 0.717) is 0 Å². The zero-order valence-electron chi connectivity index (χ0n) is 15.9. The minimum atomic E-state index is -0.998. The third kappa shape index (κ3) is 5.36. The molecule has 0 aliphatic carbocycles. The van der Waals surface area contributed by atoms with Crippen molar-refractivity contribution in [1.82, 2.24) is 10.2 Å². The normalized spacial score (nSPS) is 11.9. The molecular formula is C21H24F2N2O3. The molecule has 0 saturated heterocycles. The summed E-state index contributed by atoms with van der Waals surface area (Å²) in [6.45, 7) is 3.51. The number of hydrogen-bond donors (Lipinski definition) is 2. The lowest BCUT2D eigenvalue weighted by Gasteiger charge is -2.29. The molecule has 5 nitrogen and oxygen atoms in total. The Hall–Kier alpha value is -2.80. The van der Waals surface area contributed by atoms with Crippen LogP contribution in [0.4, 0.5) is 8.78 Å². The van der Waals surface area contributed by atoms with Crippen LogP contribution in [-0.4, -0.2) is 41.0 Å². The highest BCUT2D eigenvalue weighted by molar-refractivity contribution is 5.98. The van der Waals surface area contributed by atoms with E-state index in [4.69, 9.17) is 0 Å². The Balaban J connectivity index is 2.22. The van der Waals surface area contributed by atoms with Crippen LogP contribution in [0, 0.1) is 17.6 Å². The van der Waals surface area contributed by atoms with Crippen molar-refractivity contribution in [2.24, 2.45) is 5.92 Å². The third-order valence-electron chi connectivity index (χ3n) is 4.31. The Morgan fingerprint density at radius 2 is 1.64 bits per heavy atom.